The van der Waals surface area contributed by atoms with E-state index in [2.05, 4.69) is 74.6 Å². The van der Waals surface area contributed by atoms with Crippen LogP contribution in [0.5, 0.6) is 0 Å². The number of hydrogen-bond acceptors (Lipinski definition) is 1. The molecule has 1 atom stereocenters. The molecule has 0 aliphatic heterocycles. The first kappa shape index (κ1) is 12.8. The van der Waals surface area contributed by atoms with Gasteiger partial charge in [0.2, 0.25) is 0 Å². The molecule has 2 aromatic rings. The van der Waals surface area contributed by atoms with Crippen molar-refractivity contribution in [3.8, 4) is 0 Å². The molecular weight excluding hydrogens is 218 g/mol. The molecule has 0 amide bonds. The number of nitrogens with one attached hydrogen (secondary N) is 1. The van der Waals surface area contributed by atoms with Crippen molar-refractivity contribution >= 4 is 0 Å². The molecular formula is C17H21N. The van der Waals surface area contributed by atoms with Gasteiger partial charge < -0.3 is 5.32 Å². The molecule has 0 radical (unpaired) electrons. The maximum Gasteiger partial charge on any atom is 0.0295 e. The van der Waals surface area contributed by atoms with Gasteiger partial charge >= 0.3 is 0 Å². The fourth-order valence-electron chi connectivity index (χ4n) is 2.24. The fraction of sp³-hybridized carbons (Fsp3) is 0.294. The molecule has 0 aliphatic carbocycles. The highest BCUT2D eigenvalue weighted by Gasteiger charge is 2.05. The average molecular weight is 239 g/mol. The van der Waals surface area contributed by atoms with Crippen molar-refractivity contribution in [3.05, 3.63) is 70.8 Å². The van der Waals surface area contributed by atoms with E-state index in [9.17, 15) is 0 Å². The van der Waals surface area contributed by atoms with Crippen molar-refractivity contribution in [3.63, 3.8) is 0 Å². The van der Waals surface area contributed by atoms with Crippen molar-refractivity contribution in [2.24, 2.45) is 0 Å². The minimum absolute atomic E-state index is 0.379. The van der Waals surface area contributed by atoms with Gasteiger partial charge in [-0.3, -0.25) is 0 Å². The van der Waals surface area contributed by atoms with Crippen molar-refractivity contribution in [2.45, 2.75) is 33.4 Å². The monoisotopic (exact) mass is 239 g/mol. The number of benzene rings is 2. The zero-order valence-electron chi connectivity index (χ0n) is 11.4. The van der Waals surface area contributed by atoms with Crippen LogP contribution in [0, 0.1) is 13.8 Å². The lowest BCUT2D eigenvalue weighted by molar-refractivity contribution is 0.574. The maximum absolute atomic E-state index is 3.57. The fourth-order valence-corrected chi connectivity index (χ4v) is 2.24. The van der Waals surface area contributed by atoms with Crippen LogP contribution in [0.2, 0.25) is 0 Å². The summed E-state index contributed by atoms with van der Waals surface area (Å²) in [7, 11) is 0. The van der Waals surface area contributed by atoms with Crippen LogP contribution in [0.25, 0.3) is 0 Å². The molecule has 94 valence electrons. The van der Waals surface area contributed by atoms with Crippen LogP contribution in [0.3, 0.4) is 0 Å². The normalized spacial score (nSPS) is 12.4. The molecule has 0 aromatic heterocycles. The Hall–Kier alpha value is -1.60. The molecule has 2 rings (SSSR count). The zero-order valence-corrected chi connectivity index (χ0v) is 11.4. The van der Waals surface area contributed by atoms with Crippen molar-refractivity contribution in [2.75, 3.05) is 0 Å². The Balaban J connectivity index is 2.01. The van der Waals surface area contributed by atoms with Gasteiger partial charge in [0.15, 0.2) is 0 Å². The Morgan fingerprint density at radius 1 is 0.944 bits per heavy atom. The van der Waals surface area contributed by atoms with Crippen molar-refractivity contribution in [1.29, 1.82) is 0 Å². The number of hydrogen-bond donors (Lipinski definition) is 1. The Labute approximate surface area is 110 Å². The topological polar surface area (TPSA) is 12.0 Å². The second-order valence-corrected chi connectivity index (χ2v) is 5.01. The molecule has 1 N–H and O–H groups in total. The van der Waals surface area contributed by atoms with Gasteiger partial charge in [-0.05, 0) is 31.9 Å². The molecule has 0 saturated heterocycles. The quantitative estimate of drug-likeness (QED) is 0.845. The number of rotatable bonds is 4. The van der Waals surface area contributed by atoms with Gasteiger partial charge in [-0.1, -0.05) is 59.7 Å². The summed E-state index contributed by atoms with van der Waals surface area (Å²) in [6.07, 6.45) is 0. The van der Waals surface area contributed by atoms with Gasteiger partial charge in [0.1, 0.15) is 0 Å². The molecule has 1 unspecified atom stereocenters. The van der Waals surface area contributed by atoms with E-state index in [1.807, 2.05) is 0 Å². The largest absolute Gasteiger partial charge is 0.306 e. The summed E-state index contributed by atoms with van der Waals surface area (Å²) in [6, 6.07) is 17.6. The molecule has 0 heterocycles. The second-order valence-electron chi connectivity index (χ2n) is 5.01. The Morgan fingerprint density at radius 3 is 2.17 bits per heavy atom. The van der Waals surface area contributed by atoms with E-state index in [1.165, 1.54) is 22.3 Å². The molecule has 0 bridgehead atoms. The molecule has 0 fully saturated rings. The summed E-state index contributed by atoms with van der Waals surface area (Å²) in [5.41, 5.74) is 5.36. The second kappa shape index (κ2) is 5.83. The predicted molar refractivity (Wildman–Crippen MR) is 77.6 cm³/mol. The van der Waals surface area contributed by atoms with Crippen LogP contribution in [0.15, 0.2) is 48.5 Å². The van der Waals surface area contributed by atoms with Gasteiger partial charge in [0.05, 0.1) is 0 Å². The van der Waals surface area contributed by atoms with E-state index in [1.54, 1.807) is 0 Å². The van der Waals surface area contributed by atoms with Crippen LogP contribution in [-0.2, 0) is 6.54 Å². The molecule has 2 aromatic carbocycles. The lowest BCUT2D eigenvalue weighted by atomic mass is 10.0. The summed E-state index contributed by atoms with van der Waals surface area (Å²) >= 11 is 0. The van der Waals surface area contributed by atoms with Gasteiger partial charge in [-0.2, -0.15) is 0 Å². The third kappa shape index (κ3) is 3.44. The van der Waals surface area contributed by atoms with Crippen LogP contribution >= 0.6 is 0 Å². The van der Waals surface area contributed by atoms with E-state index in [4.69, 9.17) is 0 Å². The summed E-state index contributed by atoms with van der Waals surface area (Å²) in [5.74, 6) is 0. The SMILES string of the molecule is Cc1cc(C)cc(C(C)NCc2ccccc2)c1. The molecule has 0 spiro atoms. The van der Waals surface area contributed by atoms with E-state index in [0.717, 1.165) is 6.54 Å². The van der Waals surface area contributed by atoms with Crippen LogP contribution < -0.4 is 5.32 Å². The maximum atomic E-state index is 3.57. The zero-order chi connectivity index (χ0) is 13.0. The Bertz CT molecular complexity index is 482. The average Bonchev–Trinajstić information content (AvgIpc) is 2.36. The lowest BCUT2D eigenvalue weighted by Crippen LogP contribution is -2.18. The molecule has 1 heteroatoms. The summed E-state index contributed by atoms with van der Waals surface area (Å²) < 4.78 is 0. The number of aryl methyl sites for hydroxylation is 2. The van der Waals surface area contributed by atoms with Gasteiger partial charge in [0.25, 0.3) is 0 Å². The first-order valence-electron chi connectivity index (χ1n) is 6.50. The predicted octanol–water partition coefficient (Wildman–Crippen LogP) is 4.15. The highest BCUT2D eigenvalue weighted by atomic mass is 14.9. The third-order valence-corrected chi connectivity index (χ3v) is 3.20. The van der Waals surface area contributed by atoms with Crippen molar-refractivity contribution < 1.29 is 0 Å². The third-order valence-electron chi connectivity index (χ3n) is 3.20. The first-order chi connectivity index (χ1) is 8.65. The van der Waals surface area contributed by atoms with Gasteiger partial charge in [-0.25, -0.2) is 0 Å². The van der Waals surface area contributed by atoms with E-state index < -0.39 is 0 Å². The van der Waals surface area contributed by atoms with E-state index in [0.29, 0.717) is 6.04 Å². The molecule has 1 nitrogen and oxygen atoms in total. The molecule has 0 aliphatic rings. The highest BCUT2D eigenvalue weighted by Crippen LogP contribution is 2.17. The minimum Gasteiger partial charge on any atom is -0.306 e. The molecule has 18 heavy (non-hydrogen) atoms. The summed E-state index contributed by atoms with van der Waals surface area (Å²) in [5, 5.41) is 3.57. The van der Waals surface area contributed by atoms with Crippen LogP contribution in [0.4, 0.5) is 0 Å². The van der Waals surface area contributed by atoms with E-state index in [-0.39, 0.29) is 0 Å². The van der Waals surface area contributed by atoms with Gasteiger partial charge in [-0.15, -0.1) is 0 Å². The summed E-state index contributed by atoms with van der Waals surface area (Å²) in [4.78, 5) is 0. The minimum atomic E-state index is 0.379. The Kier molecular flexibility index (Phi) is 4.16. The smallest absolute Gasteiger partial charge is 0.0295 e. The highest BCUT2D eigenvalue weighted by molar-refractivity contribution is 5.30. The van der Waals surface area contributed by atoms with E-state index >= 15 is 0 Å². The van der Waals surface area contributed by atoms with Crippen LogP contribution in [0.1, 0.15) is 35.2 Å². The lowest BCUT2D eigenvalue weighted by Gasteiger charge is -2.15. The standard InChI is InChI=1S/C17H21N/c1-13-9-14(2)11-17(10-13)15(3)18-12-16-7-5-4-6-8-16/h4-11,15,18H,12H2,1-3H3. The Morgan fingerprint density at radius 2 is 1.56 bits per heavy atom. The van der Waals surface area contributed by atoms with Crippen LogP contribution in [-0.4, -0.2) is 0 Å². The summed E-state index contributed by atoms with van der Waals surface area (Å²) in [6.45, 7) is 7.44. The first-order valence-corrected chi connectivity index (χ1v) is 6.50. The van der Waals surface area contributed by atoms with Gasteiger partial charge in [0, 0.05) is 12.6 Å². The van der Waals surface area contributed by atoms with Crippen molar-refractivity contribution in [1.82, 2.24) is 5.32 Å². The molecule has 0 saturated carbocycles.